The minimum atomic E-state index is -3.74. The lowest BCUT2D eigenvalue weighted by molar-refractivity contribution is -0.121. The zero-order valence-electron chi connectivity index (χ0n) is 11.9. The van der Waals surface area contributed by atoms with Crippen molar-refractivity contribution in [1.29, 1.82) is 0 Å². The van der Waals surface area contributed by atoms with E-state index >= 15 is 0 Å². The molecule has 1 N–H and O–H groups in total. The van der Waals surface area contributed by atoms with Crippen LogP contribution in [0.1, 0.15) is 39.0 Å². The van der Waals surface area contributed by atoms with Gasteiger partial charge in [0.05, 0.1) is 0 Å². The van der Waals surface area contributed by atoms with E-state index in [1.165, 1.54) is 24.1 Å². The van der Waals surface area contributed by atoms with Crippen molar-refractivity contribution in [3.05, 3.63) is 12.4 Å². The van der Waals surface area contributed by atoms with E-state index < -0.39 is 21.0 Å². The van der Waals surface area contributed by atoms with E-state index in [2.05, 4.69) is 10.3 Å². The largest absolute Gasteiger partial charge is 0.352 e. The van der Waals surface area contributed by atoms with Gasteiger partial charge in [0.2, 0.25) is 20.9 Å². The van der Waals surface area contributed by atoms with Gasteiger partial charge in [-0.05, 0) is 19.8 Å². The van der Waals surface area contributed by atoms with Gasteiger partial charge in [-0.1, -0.05) is 19.3 Å². The number of aryl methyl sites for hydroxylation is 1. The fourth-order valence-electron chi connectivity index (χ4n) is 2.49. The molecule has 7 heteroatoms. The molecule has 1 heterocycles. The smallest absolute Gasteiger partial charge is 0.238 e. The molecule has 1 aliphatic carbocycles. The third-order valence-electron chi connectivity index (χ3n) is 3.82. The molecule has 0 radical (unpaired) electrons. The normalized spacial score (nSPS) is 18.7. The number of amides is 1. The SMILES string of the molecule is CC(C(=O)NC1CCCCC1)S(=O)(=O)c1nccn1C. The number of nitrogens with zero attached hydrogens (tertiary/aromatic N) is 2. The van der Waals surface area contributed by atoms with E-state index in [0.29, 0.717) is 0 Å². The van der Waals surface area contributed by atoms with Crippen LogP contribution in [0, 0.1) is 0 Å². The predicted molar refractivity (Wildman–Crippen MR) is 74.9 cm³/mol. The summed E-state index contributed by atoms with van der Waals surface area (Å²) >= 11 is 0. The third-order valence-corrected chi connectivity index (χ3v) is 5.87. The van der Waals surface area contributed by atoms with Crippen LogP contribution in [0.2, 0.25) is 0 Å². The number of sulfone groups is 1. The number of rotatable bonds is 4. The highest BCUT2D eigenvalue weighted by atomic mass is 32.2. The average molecular weight is 299 g/mol. The molecular formula is C13H21N3O3S. The molecule has 1 unspecified atom stereocenters. The van der Waals surface area contributed by atoms with Gasteiger partial charge < -0.3 is 9.88 Å². The van der Waals surface area contributed by atoms with Crippen LogP contribution in [0.15, 0.2) is 17.6 Å². The van der Waals surface area contributed by atoms with Crippen LogP contribution in [0.5, 0.6) is 0 Å². The summed E-state index contributed by atoms with van der Waals surface area (Å²) in [6.45, 7) is 1.42. The molecule has 0 spiro atoms. The van der Waals surface area contributed by atoms with Crippen LogP contribution in [0.25, 0.3) is 0 Å². The first kappa shape index (κ1) is 15.0. The molecule has 1 amide bonds. The van der Waals surface area contributed by atoms with Crippen molar-refractivity contribution in [3.8, 4) is 0 Å². The Morgan fingerprint density at radius 1 is 1.40 bits per heavy atom. The maximum atomic E-state index is 12.4. The van der Waals surface area contributed by atoms with Crippen LogP contribution in [-0.2, 0) is 21.7 Å². The lowest BCUT2D eigenvalue weighted by Gasteiger charge is -2.24. The minimum Gasteiger partial charge on any atom is -0.352 e. The van der Waals surface area contributed by atoms with Gasteiger partial charge in [0, 0.05) is 25.5 Å². The number of carbonyl (C=O) groups excluding carboxylic acids is 1. The molecule has 1 aliphatic rings. The lowest BCUT2D eigenvalue weighted by Crippen LogP contribution is -2.44. The summed E-state index contributed by atoms with van der Waals surface area (Å²) < 4.78 is 26.1. The molecule has 0 bridgehead atoms. The predicted octanol–water partition coefficient (Wildman–Crippen LogP) is 1.03. The Morgan fingerprint density at radius 2 is 2.05 bits per heavy atom. The summed E-state index contributed by atoms with van der Waals surface area (Å²) in [6, 6.07) is 0.107. The zero-order chi connectivity index (χ0) is 14.8. The number of nitrogens with one attached hydrogen (secondary N) is 1. The van der Waals surface area contributed by atoms with Crippen LogP contribution >= 0.6 is 0 Å². The third kappa shape index (κ3) is 3.03. The van der Waals surface area contributed by atoms with E-state index in [4.69, 9.17) is 0 Å². The molecule has 1 aromatic heterocycles. The maximum Gasteiger partial charge on any atom is 0.238 e. The Hall–Kier alpha value is -1.37. The summed E-state index contributed by atoms with van der Waals surface area (Å²) in [4.78, 5) is 16.0. The molecule has 1 saturated carbocycles. The maximum absolute atomic E-state index is 12.4. The van der Waals surface area contributed by atoms with Gasteiger partial charge >= 0.3 is 0 Å². The Balaban J connectivity index is 2.08. The molecule has 112 valence electrons. The summed E-state index contributed by atoms with van der Waals surface area (Å²) in [7, 11) is -2.13. The summed E-state index contributed by atoms with van der Waals surface area (Å²) in [6.07, 6.45) is 8.20. The summed E-state index contributed by atoms with van der Waals surface area (Å²) in [5.41, 5.74) is 0. The first-order valence-electron chi connectivity index (χ1n) is 6.94. The zero-order valence-corrected chi connectivity index (χ0v) is 12.7. The van der Waals surface area contributed by atoms with Gasteiger partial charge in [-0.15, -0.1) is 0 Å². The molecule has 6 nitrogen and oxygen atoms in total. The highest BCUT2D eigenvalue weighted by Crippen LogP contribution is 2.19. The number of carbonyl (C=O) groups is 1. The molecule has 0 aliphatic heterocycles. The molecule has 0 aromatic carbocycles. The van der Waals surface area contributed by atoms with Crippen LogP contribution in [-0.4, -0.2) is 35.2 Å². The van der Waals surface area contributed by atoms with Gasteiger partial charge in [-0.25, -0.2) is 13.4 Å². The van der Waals surface area contributed by atoms with E-state index in [1.807, 2.05) is 0 Å². The fraction of sp³-hybridized carbons (Fsp3) is 0.692. The van der Waals surface area contributed by atoms with E-state index in [9.17, 15) is 13.2 Å². The Labute approximate surface area is 119 Å². The van der Waals surface area contributed by atoms with Gasteiger partial charge in [-0.2, -0.15) is 0 Å². The standard InChI is InChI=1S/C13H21N3O3S/c1-10(12(17)15-11-6-4-3-5-7-11)20(18,19)13-14-8-9-16(13)2/h8-11H,3-7H2,1-2H3,(H,15,17). The Morgan fingerprint density at radius 3 is 2.60 bits per heavy atom. The highest BCUT2D eigenvalue weighted by Gasteiger charge is 2.33. The summed E-state index contributed by atoms with van der Waals surface area (Å²) in [5, 5.41) is 1.67. The van der Waals surface area contributed by atoms with Crippen molar-refractivity contribution in [3.63, 3.8) is 0 Å². The summed E-state index contributed by atoms with van der Waals surface area (Å²) in [5.74, 6) is -0.431. The van der Waals surface area contributed by atoms with Crippen LogP contribution in [0.3, 0.4) is 0 Å². The van der Waals surface area contributed by atoms with Crippen LogP contribution < -0.4 is 5.32 Å². The van der Waals surface area contributed by atoms with Gasteiger partial charge in [0.15, 0.2) is 0 Å². The van der Waals surface area contributed by atoms with Crippen molar-refractivity contribution >= 4 is 15.7 Å². The molecule has 2 rings (SSSR count). The van der Waals surface area contributed by atoms with Gasteiger partial charge in [0.25, 0.3) is 0 Å². The number of imidazole rings is 1. The molecular weight excluding hydrogens is 278 g/mol. The average Bonchev–Trinajstić information content (AvgIpc) is 2.86. The Kier molecular flexibility index (Phi) is 4.47. The molecule has 0 saturated heterocycles. The van der Waals surface area contributed by atoms with Crippen molar-refractivity contribution in [2.45, 2.75) is 55.5 Å². The topological polar surface area (TPSA) is 81.1 Å². The van der Waals surface area contributed by atoms with Gasteiger partial charge in [-0.3, -0.25) is 4.79 Å². The monoisotopic (exact) mass is 299 g/mol. The van der Waals surface area contributed by atoms with Crippen molar-refractivity contribution in [2.75, 3.05) is 0 Å². The van der Waals surface area contributed by atoms with Gasteiger partial charge in [0.1, 0.15) is 5.25 Å². The number of aromatic nitrogens is 2. The van der Waals surface area contributed by atoms with E-state index in [-0.39, 0.29) is 11.2 Å². The molecule has 20 heavy (non-hydrogen) atoms. The second kappa shape index (κ2) is 5.95. The number of hydrogen-bond donors (Lipinski definition) is 1. The minimum absolute atomic E-state index is 0.0659. The molecule has 1 fully saturated rings. The second-order valence-electron chi connectivity index (χ2n) is 5.35. The lowest BCUT2D eigenvalue weighted by atomic mass is 9.95. The highest BCUT2D eigenvalue weighted by molar-refractivity contribution is 7.92. The quantitative estimate of drug-likeness (QED) is 0.900. The van der Waals surface area contributed by atoms with Crippen molar-refractivity contribution < 1.29 is 13.2 Å². The first-order chi connectivity index (χ1) is 9.43. The second-order valence-corrected chi connectivity index (χ2v) is 7.51. The molecule has 1 aromatic rings. The number of hydrogen-bond acceptors (Lipinski definition) is 4. The van der Waals surface area contributed by atoms with Crippen LogP contribution in [0.4, 0.5) is 0 Å². The van der Waals surface area contributed by atoms with E-state index in [0.717, 1.165) is 25.7 Å². The Bertz CT molecular complexity index is 573. The first-order valence-corrected chi connectivity index (χ1v) is 8.49. The fourth-order valence-corrected chi connectivity index (χ4v) is 3.83. The molecule has 1 atom stereocenters. The van der Waals surface area contributed by atoms with Crippen molar-refractivity contribution in [2.24, 2.45) is 7.05 Å². The van der Waals surface area contributed by atoms with E-state index in [1.54, 1.807) is 13.2 Å². The van der Waals surface area contributed by atoms with Crippen molar-refractivity contribution in [1.82, 2.24) is 14.9 Å².